The number of nitrogens with zero attached hydrogens (tertiary/aromatic N) is 1. The van der Waals surface area contributed by atoms with E-state index in [9.17, 15) is 4.79 Å². The molecule has 2 amide bonds. The predicted octanol–water partition coefficient (Wildman–Crippen LogP) is 4.39. The van der Waals surface area contributed by atoms with Crippen LogP contribution in [0.2, 0.25) is 0 Å². The molecule has 3 aromatic rings. The molecule has 2 aromatic carbocycles. The molecule has 0 atom stereocenters. The summed E-state index contributed by atoms with van der Waals surface area (Å²) in [5.41, 5.74) is 2.59. The first-order valence-corrected chi connectivity index (χ1v) is 9.64. The van der Waals surface area contributed by atoms with Gasteiger partial charge in [0.25, 0.3) is 0 Å². The van der Waals surface area contributed by atoms with Crippen LogP contribution >= 0.6 is 0 Å². The Balaban J connectivity index is 1.48. The zero-order valence-electron chi connectivity index (χ0n) is 17.1. The molecule has 1 aromatic heterocycles. The molecule has 0 fully saturated rings. The van der Waals surface area contributed by atoms with Crippen molar-refractivity contribution in [2.75, 3.05) is 19.0 Å². The number of rotatable bonds is 9. The number of carbonyl (C=O) groups is 1. The van der Waals surface area contributed by atoms with Crippen molar-refractivity contribution >= 4 is 11.7 Å². The van der Waals surface area contributed by atoms with Gasteiger partial charge in [0.05, 0.1) is 13.7 Å². The first kappa shape index (κ1) is 21.0. The van der Waals surface area contributed by atoms with Gasteiger partial charge in [-0.1, -0.05) is 18.2 Å². The second-order valence-corrected chi connectivity index (χ2v) is 6.40. The van der Waals surface area contributed by atoms with Gasteiger partial charge in [0.15, 0.2) is 11.5 Å². The minimum atomic E-state index is -0.306. The third-order valence-electron chi connectivity index (χ3n) is 4.23. The predicted molar refractivity (Wildman–Crippen MR) is 115 cm³/mol. The third-order valence-corrected chi connectivity index (χ3v) is 4.23. The van der Waals surface area contributed by atoms with Crippen LogP contribution in [0.25, 0.3) is 0 Å². The van der Waals surface area contributed by atoms with Crippen LogP contribution in [-0.4, -0.2) is 24.7 Å². The highest BCUT2D eigenvalue weighted by atomic mass is 16.5. The molecule has 0 bridgehead atoms. The van der Waals surface area contributed by atoms with Gasteiger partial charge in [-0.3, -0.25) is 4.98 Å². The molecule has 0 spiro atoms. The first-order chi connectivity index (χ1) is 14.7. The van der Waals surface area contributed by atoms with Crippen molar-refractivity contribution in [3.8, 4) is 17.2 Å². The average Bonchev–Trinajstić information content (AvgIpc) is 2.78. The maximum Gasteiger partial charge on any atom is 0.319 e. The summed E-state index contributed by atoms with van der Waals surface area (Å²) in [6.07, 6.45) is 3.50. The molecule has 0 saturated carbocycles. The summed E-state index contributed by atoms with van der Waals surface area (Å²) < 4.78 is 16.5. The van der Waals surface area contributed by atoms with Crippen LogP contribution in [0, 0.1) is 0 Å². The van der Waals surface area contributed by atoms with Crippen LogP contribution in [0.4, 0.5) is 10.5 Å². The Morgan fingerprint density at radius 2 is 1.83 bits per heavy atom. The lowest BCUT2D eigenvalue weighted by molar-refractivity contribution is 0.251. The van der Waals surface area contributed by atoms with Crippen LogP contribution in [0.3, 0.4) is 0 Å². The molecule has 3 rings (SSSR count). The standard InChI is InChI=1S/C23H25N3O4/c1-3-29-22-13-19(8-11-21(22)28-2)26-23(27)25-15-17-6-9-20(10-7-17)30-16-18-5-4-12-24-14-18/h4-14H,3,15-16H2,1-2H3,(H2,25,26,27). The number of aromatic nitrogens is 1. The van der Waals surface area contributed by atoms with Gasteiger partial charge in [-0.15, -0.1) is 0 Å². The molecular formula is C23H25N3O4. The second-order valence-electron chi connectivity index (χ2n) is 6.40. The minimum Gasteiger partial charge on any atom is -0.493 e. The Kier molecular flexibility index (Phi) is 7.49. The molecule has 30 heavy (non-hydrogen) atoms. The quantitative estimate of drug-likeness (QED) is 0.550. The topological polar surface area (TPSA) is 81.7 Å². The number of hydrogen-bond donors (Lipinski definition) is 2. The highest BCUT2D eigenvalue weighted by Crippen LogP contribution is 2.30. The molecule has 0 aliphatic heterocycles. The number of ether oxygens (including phenoxy) is 3. The van der Waals surface area contributed by atoms with Crippen molar-refractivity contribution in [3.05, 3.63) is 78.1 Å². The number of amides is 2. The highest BCUT2D eigenvalue weighted by Gasteiger charge is 2.08. The Hall–Kier alpha value is -3.74. The second kappa shape index (κ2) is 10.7. The highest BCUT2D eigenvalue weighted by molar-refractivity contribution is 5.89. The summed E-state index contributed by atoms with van der Waals surface area (Å²) in [7, 11) is 1.58. The number of anilines is 1. The lowest BCUT2D eigenvalue weighted by atomic mass is 10.2. The summed E-state index contributed by atoms with van der Waals surface area (Å²) in [5, 5.41) is 5.63. The lowest BCUT2D eigenvalue weighted by Gasteiger charge is -2.12. The minimum absolute atomic E-state index is 0.306. The van der Waals surface area contributed by atoms with E-state index in [2.05, 4.69) is 15.6 Å². The van der Waals surface area contributed by atoms with Crippen molar-refractivity contribution in [1.82, 2.24) is 10.3 Å². The van der Waals surface area contributed by atoms with Crippen LogP contribution < -0.4 is 24.8 Å². The van der Waals surface area contributed by atoms with Gasteiger partial charge in [-0.25, -0.2) is 4.79 Å². The third kappa shape index (κ3) is 6.13. The molecule has 2 N–H and O–H groups in total. The number of urea groups is 1. The number of pyridine rings is 1. The molecular weight excluding hydrogens is 382 g/mol. The number of methoxy groups -OCH3 is 1. The van der Waals surface area contributed by atoms with Gasteiger partial charge >= 0.3 is 6.03 Å². The van der Waals surface area contributed by atoms with E-state index >= 15 is 0 Å². The Morgan fingerprint density at radius 1 is 1.00 bits per heavy atom. The van der Waals surface area contributed by atoms with Crippen molar-refractivity contribution < 1.29 is 19.0 Å². The van der Waals surface area contributed by atoms with Gasteiger partial charge in [0, 0.05) is 36.3 Å². The van der Waals surface area contributed by atoms with Crippen molar-refractivity contribution in [2.24, 2.45) is 0 Å². The molecule has 1 heterocycles. The van der Waals surface area contributed by atoms with Crippen molar-refractivity contribution in [3.63, 3.8) is 0 Å². The summed E-state index contributed by atoms with van der Waals surface area (Å²) in [4.78, 5) is 16.3. The van der Waals surface area contributed by atoms with E-state index in [1.807, 2.05) is 43.3 Å². The van der Waals surface area contributed by atoms with Gasteiger partial charge < -0.3 is 24.8 Å². The van der Waals surface area contributed by atoms with Gasteiger partial charge in [0.2, 0.25) is 0 Å². The van der Waals surface area contributed by atoms with E-state index in [-0.39, 0.29) is 6.03 Å². The first-order valence-electron chi connectivity index (χ1n) is 9.64. The summed E-state index contributed by atoms with van der Waals surface area (Å²) >= 11 is 0. The Labute approximate surface area is 176 Å². The molecule has 0 saturated heterocycles. The number of nitrogens with one attached hydrogen (secondary N) is 2. The number of benzene rings is 2. The number of carbonyl (C=O) groups excluding carboxylic acids is 1. The van der Waals surface area contributed by atoms with E-state index < -0.39 is 0 Å². The fraction of sp³-hybridized carbons (Fsp3) is 0.217. The SMILES string of the molecule is CCOc1cc(NC(=O)NCc2ccc(OCc3cccnc3)cc2)ccc1OC. The average molecular weight is 407 g/mol. The van der Waals surface area contributed by atoms with E-state index in [4.69, 9.17) is 14.2 Å². The summed E-state index contributed by atoms with van der Waals surface area (Å²) in [6.45, 7) is 3.25. The zero-order chi connectivity index (χ0) is 21.2. The molecule has 0 aliphatic carbocycles. The van der Waals surface area contributed by atoms with Gasteiger partial charge in [-0.05, 0) is 42.8 Å². The Bertz CT molecular complexity index is 946. The smallest absolute Gasteiger partial charge is 0.319 e. The van der Waals surface area contributed by atoms with Gasteiger partial charge in [0.1, 0.15) is 12.4 Å². The maximum atomic E-state index is 12.2. The lowest BCUT2D eigenvalue weighted by Crippen LogP contribution is -2.28. The van der Waals surface area contributed by atoms with Gasteiger partial charge in [-0.2, -0.15) is 0 Å². The zero-order valence-corrected chi connectivity index (χ0v) is 17.1. The van der Waals surface area contributed by atoms with E-state index in [0.29, 0.717) is 36.9 Å². The molecule has 7 nitrogen and oxygen atoms in total. The molecule has 0 radical (unpaired) electrons. The van der Waals surface area contributed by atoms with Crippen LogP contribution in [0.1, 0.15) is 18.1 Å². The van der Waals surface area contributed by atoms with Crippen molar-refractivity contribution in [1.29, 1.82) is 0 Å². The number of hydrogen-bond acceptors (Lipinski definition) is 5. The molecule has 0 unspecified atom stereocenters. The molecule has 0 aliphatic rings. The fourth-order valence-electron chi connectivity index (χ4n) is 2.73. The van der Waals surface area contributed by atoms with Crippen LogP contribution in [0.15, 0.2) is 67.0 Å². The van der Waals surface area contributed by atoms with E-state index in [1.54, 1.807) is 37.7 Å². The Morgan fingerprint density at radius 3 is 2.53 bits per heavy atom. The summed E-state index contributed by atoms with van der Waals surface area (Å²) in [5.74, 6) is 1.96. The largest absolute Gasteiger partial charge is 0.493 e. The normalized spacial score (nSPS) is 10.2. The van der Waals surface area contributed by atoms with Crippen molar-refractivity contribution in [2.45, 2.75) is 20.1 Å². The van der Waals surface area contributed by atoms with Crippen LogP contribution in [-0.2, 0) is 13.2 Å². The van der Waals surface area contributed by atoms with E-state index in [1.165, 1.54) is 0 Å². The molecule has 156 valence electrons. The monoisotopic (exact) mass is 407 g/mol. The maximum absolute atomic E-state index is 12.2. The van der Waals surface area contributed by atoms with E-state index in [0.717, 1.165) is 16.9 Å². The summed E-state index contributed by atoms with van der Waals surface area (Å²) in [6, 6.07) is 16.4. The van der Waals surface area contributed by atoms with Crippen LogP contribution in [0.5, 0.6) is 17.2 Å². The molecule has 7 heteroatoms. The fourth-order valence-corrected chi connectivity index (χ4v) is 2.73.